The summed E-state index contributed by atoms with van der Waals surface area (Å²) < 4.78 is 15.2. The molecule has 1 aromatic rings. The van der Waals surface area contributed by atoms with E-state index in [2.05, 4.69) is 5.32 Å². The molecule has 0 aliphatic heterocycles. The number of ether oxygens (including phenoxy) is 3. The van der Waals surface area contributed by atoms with Gasteiger partial charge in [0.05, 0.1) is 38.0 Å². The lowest BCUT2D eigenvalue weighted by Gasteiger charge is -2.22. The molecule has 0 saturated carbocycles. The number of benzene rings is 1. The van der Waals surface area contributed by atoms with Gasteiger partial charge in [0.25, 0.3) is 0 Å². The van der Waals surface area contributed by atoms with Crippen molar-refractivity contribution in [3.05, 3.63) is 17.2 Å². The standard InChI is InChI=1S/C14H20ClNO4/c1-8(14(17)20-5)9(2)16-11-7-12(18-3)10(15)6-13(11)19-4/h6-9,16H,1-5H3. The number of halogens is 1. The van der Waals surface area contributed by atoms with Gasteiger partial charge in [0.2, 0.25) is 0 Å². The molecule has 0 radical (unpaired) electrons. The Morgan fingerprint density at radius 3 is 2.25 bits per heavy atom. The van der Waals surface area contributed by atoms with E-state index < -0.39 is 0 Å². The van der Waals surface area contributed by atoms with Gasteiger partial charge in [0.1, 0.15) is 11.5 Å². The molecule has 1 N–H and O–H groups in total. The van der Waals surface area contributed by atoms with E-state index in [1.54, 1.807) is 26.2 Å². The lowest BCUT2D eigenvalue weighted by Crippen LogP contribution is -2.30. The molecule has 1 rings (SSSR count). The summed E-state index contributed by atoms with van der Waals surface area (Å²) in [6.45, 7) is 3.69. The van der Waals surface area contributed by atoms with E-state index >= 15 is 0 Å². The predicted molar refractivity (Wildman–Crippen MR) is 78.8 cm³/mol. The van der Waals surface area contributed by atoms with Crippen molar-refractivity contribution in [2.45, 2.75) is 19.9 Å². The van der Waals surface area contributed by atoms with Gasteiger partial charge in [-0.1, -0.05) is 11.6 Å². The van der Waals surface area contributed by atoms with Crippen molar-refractivity contribution in [3.8, 4) is 11.5 Å². The maximum Gasteiger partial charge on any atom is 0.310 e. The zero-order valence-corrected chi connectivity index (χ0v) is 13.1. The van der Waals surface area contributed by atoms with Crippen LogP contribution < -0.4 is 14.8 Å². The van der Waals surface area contributed by atoms with Gasteiger partial charge in [0.15, 0.2) is 0 Å². The summed E-state index contributed by atoms with van der Waals surface area (Å²) in [5.74, 6) is 0.545. The van der Waals surface area contributed by atoms with Crippen LogP contribution in [0.3, 0.4) is 0 Å². The first-order valence-corrected chi connectivity index (χ1v) is 6.58. The van der Waals surface area contributed by atoms with Crippen LogP contribution in [0.5, 0.6) is 11.5 Å². The lowest BCUT2D eigenvalue weighted by molar-refractivity contribution is -0.145. The van der Waals surface area contributed by atoms with Crippen LogP contribution in [0, 0.1) is 5.92 Å². The van der Waals surface area contributed by atoms with Crippen molar-refractivity contribution < 1.29 is 19.0 Å². The maximum atomic E-state index is 11.5. The topological polar surface area (TPSA) is 56.8 Å². The van der Waals surface area contributed by atoms with E-state index in [0.29, 0.717) is 22.2 Å². The second kappa shape index (κ2) is 7.24. The van der Waals surface area contributed by atoms with Crippen LogP contribution in [0.1, 0.15) is 13.8 Å². The molecule has 0 bridgehead atoms. The molecule has 1 aromatic carbocycles. The Hall–Kier alpha value is -1.62. The average Bonchev–Trinajstić information content (AvgIpc) is 2.46. The van der Waals surface area contributed by atoms with E-state index in [0.717, 1.165) is 0 Å². The smallest absolute Gasteiger partial charge is 0.310 e. The minimum absolute atomic E-state index is 0.137. The van der Waals surface area contributed by atoms with Crippen LogP contribution in [-0.2, 0) is 9.53 Å². The van der Waals surface area contributed by atoms with Gasteiger partial charge < -0.3 is 19.5 Å². The Balaban J connectivity index is 2.98. The molecule has 20 heavy (non-hydrogen) atoms. The van der Waals surface area contributed by atoms with E-state index in [1.165, 1.54) is 14.2 Å². The summed E-state index contributed by atoms with van der Waals surface area (Å²) in [6, 6.07) is 3.27. The third-order valence-corrected chi connectivity index (χ3v) is 3.48. The first-order valence-electron chi connectivity index (χ1n) is 6.20. The quantitative estimate of drug-likeness (QED) is 0.819. The SMILES string of the molecule is COC(=O)C(C)C(C)Nc1cc(OC)c(Cl)cc1OC. The van der Waals surface area contributed by atoms with Gasteiger partial charge in [-0.3, -0.25) is 4.79 Å². The Morgan fingerprint density at radius 2 is 1.75 bits per heavy atom. The van der Waals surface area contributed by atoms with Crippen LogP contribution in [0.15, 0.2) is 12.1 Å². The summed E-state index contributed by atoms with van der Waals surface area (Å²) in [4.78, 5) is 11.5. The van der Waals surface area contributed by atoms with E-state index in [4.69, 9.17) is 25.8 Å². The van der Waals surface area contributed by atoms with Gasteiger partial charge in [-0.25, -0.2) is 0 Å². The third kappa shape index (κ3) is 3.70. The van der Waals surface area contributed by atoms with Gasteiger partial charge in [-0.2, -0.15) is 0 Å². The highest BCUT2D eigenvalue weighted by Crippen LogP contribution is 2.36. The summed E-state index contributed by atoms with van der Waals surface area (Å²) in [5.41, 5.74) is 0.706. The summed E-state index contributed by atoms with van der Waals surface area (Å²) in [5, 5.41) is 3.68. The fraction of sp³-hybridized carbons (Fsp3) is 0.500. The van der Waals surface area contributed by atoms with Crippen molar-refractivity contribution in [1.82, 2.24) is 0 Å². The Labute approximate surface area is 124 Å². The second-order valence-electron chi connectivity index (χ2n) is 4.43. The van der Waals surface area contributed by atoms with Crippen LogP contribution in [0.25, 0.3) is 0 Å². The Bertz CT molecular complexity index is 478. The highest BCUT2D eigenvalue weighted by molar-refractivity contribution is 6.32. The molecule has 2 atom stereocenters. The Kier molecular flexibility index (Phi) is 5.95. The molecule has 0 saturated heterocycles. The van der Waals surface area contributed by atoms with E-state index in [9.17, 15) is 4.79 Å². The largest absolute Gasteiger partial charge is 0.495 e. The minimum atomic E-state index is -0.300. The second-order valence-corrected chi connectivity index (χ2v) is 4.84. The number of anilines is 1. The van der Waals surface area contributed by atoms with Crippen LogP contribution in [0.4, 0.5) is 5.69 Å². The molecule has 112 valence electrons. The summed E-state index contributed by atoms with van der Waals surface area (Å²) >= 11 is 6.05. The minimum Gasteiger partial charge on any atom is -0.495 e. The normalized spacial score (nSPS) is 13.3. The lowest BCUT2D eigenvalue weighted by atomic mass is 10.0. The fourth-order valence-corrected chi connectivity index (χ4v) is 1.96. The van der Waals surface area contributed by atoms with Crippen LogP contribution in [-0.4, -0.2) is 33.3 Å². The third-order valence-electron chi connectivity index (χ3n) is 3.18. The van der Waals surface area contributed by atoms with Gasteiger partial charge in [-0.15, -0.1) is 0 Å². The maximum absolute atomic E-state index is 11.5. The van der Waals surface area contributed by atoms with Crippen molar-refractivity contribution in [3.63, 3.8) is 0 Å². The first kappa shape index (κ1) is 16.4. The molecule has 0 aromatic heterocycles. The van der Waals surface area contributed by atoms with Crippen molar-refractivity contribution in [2.24, 2.45) is 5.92 Å². The number of nitrogens with one attached hydrogen (secondary N) is 1. The molecular formula is C14H20ClNO4. The highest BCUT2D eigenvalue weighted by Gasteiger charge is 2.22. The van der Waals surface area contributed by atoms with E-state index in [-0.39, 0.29) is 17.9 Å². The van der Waals surface area contributed by atoms with Gasteiger partial charge in [0, 0.05) is 18.2 Å². The first-order chi connectivity index (χ1) is 9.44. The van der Waals surface area contributed by atoms with Crippen LogP contribution in [0.2, 0.25) is 5.02 Å². The van der Waals surface area contributed by atoms with Crippen molar-refractivity contribution in [1.29, 1.82) is 0 Å². The number of carbonyl (C=O) groups is 1. The predicted octanol–water partition coefficient (Wildman–Crippen LogP) is 2.97. The molecule has 0 aliphatic carbocycles. The molecule has 0 spiro atoms. The summed E-state index contributed by atoms with van der Waals surface area (Å²) in [6.07, 6.45) is 0. The van der Waals surface area contributed by atoms with Gasteiger partial charge >= 0.3 is 5.97 Å². The highest BCUT2D eigenvalue weighted by atomic mass is 35.5. The number of hydrogen-bond acceptors (Lipinski definition) is 5. The molecule has 0 amide bonds. The Morgan fingerprint density at radius 1 is 1.15 bits per heavy atom. The number of carbonyl (C=O) groups excluding carboxylic acids is 1. The molecule has 2 unspecified atom stereocenters. The molecular weight excluding hydrogens is 282 g/mol. The molecule has 6 heteroatoms. The van der Waals surface area contributed by atoms with Crippen LogP contribution >= 0.6 is 11.6 Å². The van der Waals surface area contributed by atoms with Crippen molar-refractivity contribution >= 4 is 23.3 Å². The van der Waals surface area contributed by atoms with Gasteiger partial charge in [-0.05, 0) is 13.8 Å². The molecule has 0 aliphatic rings. The fourth-order valence-electron chi connectivity index (χ4n) is 1.73. The average molecular weight is 302 g/mol. The summed E-state index contributed by atoms with van der Waals surface area (Å²) in [7, 11) is 4.47. The number of rotatable bonds is 6. The molecule has 0 fully saturated rings. The zero-order valence-electron chi connectivity index (χ0n) is 12.3. The number of esters is 1. The monoisotopic (exact) mass is 301 g/mol. The zero-order chi connectivity index (χ0) is 15.3. The number of hydrogen-bond donors (Lipinski definition) is 1. The van der Waals surface area contributed by atoms with E-state index in [1.807, 2.05) is 6.92 Å². The number of methoxy groups -OCH3 is 3. The van der Waals surface area contributed by atoms with Crippen molar-refractivity contribution in [2.75, 3.05) is 26.6 Å². The molecule has 5 nitrogen and oxygen atoms in total. The molecule has 0 heterocycles.